The number of hydrogen-bond donors (Lipinski definition) is 0. The van der Waals surface area contributed by atoms with Gasteiger partial charge in [-0.15, -0.1) is 10.2 Å². The van der Waals surface area contributed by atoms with E-state index in [-0.39, 0.29) is 5.02 Å². The Morgan fingerprint density at radius 3 is 2.62 bits per heavy atom. The van der Waals surface area contributed by atoms with Crippen molar-refractivity contribution >= 4 is 23.4 Å². The molecule has 0 saturated carbocycles. The van der Waals surface area contributed by atoms with E-state index in [4.69, 9.17) is 16.3 Å². The van der Waals surface area contributed by atoms with Crippen molar-refractivity contribution in [1.29, 1.82) is 0 Å². The van der Waals surface area contributed by atoms with E-state index >= 15 is 0 Å². The molecule has 0 bridgehead atoms. The van der Waals surface area contributed by atoms with Gasteiger partial charge in [0, 0.05) is 12.8 Å². The standard InChI is InChI=1S/C19H16ClF4N3OS/c1-11(28-16-7-6-14(21)9-15(16)20)17-25-26-18(27(17)2)29-10-12-4-3-5-13(8-12)19(22,23)24/h3-9,11H,10H2,1-2H3. The molecule has 1 atom stereocenters. The molecule has 0 aliphatic rings. The molecule has 10 heteroatoms. The number of nitrogens with zero attached hydrogens (tertiary/aromatic N) is 3. The summed E-state index contributed by atoms with van der Waals surface area (Å²) < 4.78 is 59.1. The molecule has 0 aliphatic heterocycles. The smallest absolute Gasteiger partial charge is 0.416 e. The molecule has 154 valence electrons. The van der Waals surface area contributed by atoms with E-state index in [0.717, 1.165) is 18.2 Å². The molecule has 1 unspecified atom stereocenters. The maximum atomic E-state index is 13.2. The highest BCUT2D eigenvalue weighted by molar-refractivity contribution is 7.98. The number of benzene rings is 2. The largest absolute Gasteiger partial charge is 0.481 e. The van der Waals surface area contributed by atoms with Gasteiger partial charge in [0.25, 0.3) is 0 Å². The average Bonchev–Trinajstić information content (AvgIpc) is 3.02. The molecule has 0 saturated heterocycles. The number of hydrogen-bond acceptors (Lipinski definition) is 4. The third kappa shape index (κ3) is 5.22. The zero-order chi connectivity index (χ0) is 21.2. The summed E-state index contributed by atoms with van der Waals surface area (Å²) in [6.07, 6.45) is -4.91. The highest BCUT2D eigenvalue weighted by Gasteiger charge is 2.30. The number of halogens is 5. The molecule has 0 N–H and O–H groups in total. The van der Waals surface area contributed by atoms with Crippen LogP contribution in [0.2, 0.25) is 5.02 Å². The van der Waals surface area contributed by atoms with Gasteiger partial charge in [-0.3, -0.25) is 0 Å². The second-order valence-corrected chi connectivity index (χ2v) is 7.57. The molecular formula is C19H16ClF4N3OS. The molecule has 1 aromatic heterocycles. The second kappa shape index (κ2) is 8.62. The molecule has 4 nitrogen and oxygen atoms in total. The van der Waals surface area contributed by atoms with Crippen LogP contribution >= 0.6 is 23.4 Å². The molecule has 1 heterocycles. The fourth-order valence-corrected chi connectivity index (χ4v) is 3.68. The van der Waals surface area contributed by atoms with Gasteiger partial charge in [0.2, 0.25) is 0 Å². The van der Waals surface area contributed by atoms with E-state index in [1.165, 1.54) is 30.0 Å². The second-order valence-electron chi connectivity index (χ2n) is 6.22. The predicted octanol–water partition coefficient (Wildman–Crippen LogP) is 6.06. The minimum absolute atomic E-state index is 0.137. The van der Waals surface area contributed by atoms with E-state index in [1.54, 1.807) is 24.6 Å². The van der Waals surface area contributed by atoms with Gasteiger partial charge in [0.15, 0.2) is 17.1 Å². The van der Waals surface area contributed by atoms with Gasteiger partial charge < -0.3 is 9.30 Å². The lowest BCUT2D eigenvalue weighted by atomic mass is 10.1. The average molecular weight is 446 g/mol. The Bertz CT molecular complexity index is 1010. The van der Waals surface area contributed by atoms with Crippen molar-refractivity contribution in [3.63, 3.8) is 0 Å². The minimum Gasteiger partial charge on any atom is -0.481 e. The number of ether oxygens (including phenoxy) is 1. The topological polar surface area (TPSA) is 39.9 Å². The predicted molar refractivity (Wildman–Crippen MR) is 102 cm³/mol. The van der Waals surface area contributed by atoms with Gasteiger partial charge >= 0.3 is 6.18 Å². The lowest BCUT2D eigenvalue weighted by molar-refractivity contribution is -0.137. The van der Waals surface area contributed by atoms with Crippen LogP contribution in [0, 0.1) is 5.82 Å². The van der Waals surface area contributed by atoms with Crippen LogP contribution in [0.3, 0.4) is 0 Å². The summed E-state index contributed by atoms with van der Waals surface area (Å²) in [5, 5.41) is 8.84. The maximum Gasteiger partial charge on any atom is 0.416 e. The van der Waals surface area contributed by atoms with Crippen molar-refractivity contribution in [1.82, 2.24) is 14.8 Å². The Hall–Kier alpha value is -2.26. The molecule has 0 fully saturated rings. The highest BCUT2D eigenvalue weighted by atomic mass is 35.5. The zero-order valence-corrected chi connectivity index (χ0v) is 16.9. The summed E-state index contributed by atoms with van der Waals surface area (Å²) in [6.45, 7) is 1.74. The summed E-state index contributed by atoms with van der Waals surface area (Å²) in [5.41, 5.74) is -0.163. The van der Waals surface area contributed by atoms with Gasteiger partial charge in [-0.05, 0) is 36.8 Å². The van der Waals surface area contributed by atoms with E-state index < -0.39 is 23.7 Å². The van der Waals surface area contributed by atoms with Gasteiger partial charge in [0.1, 0.15) is 11.6 Å². The Morgan fingerprint density at radius 1 is 1.17 bits per heavy atom. The third-order valence-corrected chi connectivity index (χ3v) is 5.44. The fraction of sp³-hybridized carbons (Fsp3) is 0.263. The van der Waals surface area contributed by atoms with Crippen LogP contribution in [0.25, 0.3) is 0 Å². The van der Waals surface area contributed by atoms with Crippen LogP contribution in [0.1, 0.15) is 30.0 Å². The van der Waals surface area contributed by atoms with Crippen molar-refractivity contribution < 1.29 is 22.3 Å². The first-order valence-electron chi connectivity index (χ1n) is 8.45. The molecule has 0 radical (unpaired) electrons. The van der Waals surface area contributed by atoms with Gasteiger partial charge in [-0.2, -0.15) is 13.2 Å². The number of alkyl halides is 3. The quantitative estimate of drug-likeness (QED) is 0.341. The summed E-state index contributed by atoms with van der Waals surface area (Å²) in [6, 6.07) is 8.97. The lowest BCUT2D eigenvalue weighted by Crippen LogP contribution is -2.10. The number of rotatable bonds is 6. The van der Waals surface area contributed by atoms with E-state index in [0.29, 0.717) is 28.0 Å². The first kappa shape index (κ1) is 21.4. The zero-order valence-electron chi connectivity index (χ0n) is 15.4. The molecule has 3 rings (SSSR count). The van der Waals surface area contributed by atoms with Gasteiger partial charge in [-0.25, -0.2) is 4.39 Å². The highest BCUT2D eigenvalue weighted by Crippen LogP contribution is 2.32. The Balaban J connectivity index is 1.69. The Kier molecular flexibility index (Phi) is 6.38. The van der Waals surface area contributed by atoms with Gasteiger partial charge in [-0.1, -0.05) is 41.6 Å². The van der Waals surface area contributed by atoms with Crippen LogP contribution in [0.5, 0.6) is 5.75 Å². The molecule has 3 aromatic rings. The van der Waals surface area contributed by atoms with Crippen LogP contribution in [0.15, 0.2) is 47.6 Å². The first-order chi connectivity index (χ1) is 13.6. The summed E-state index contributed by atoms with van der Waals surface area (Å²) in [4.78, 5) is 0. The third-order valence-electron chi connectivity index (χ3n) is 4.05. The lowest BCUT2D eigenvalue weighted by Gasteiger charge is -2.15. The SMILES string of the molecule is CC(Oc1ccc(F)cc1Cl)c1nnc(SCc2cccc(C(F)(F)F)c2)n1C. The minimum atomic E-state index is -4.38. The fourth-order valence-electron chi connectivity index (χ4n) is 2.61. The van der Waals surface area contributed by atoms with Crippen LogP contribution in [0.4, 0.5) is 17.6 Å². The van der Waals surface area contributed by atoms with Crippen LogP contribution < -0.4 is 4.74 Å². The van der Waals surface area contributed by atoms with Crippen molar-refractivity contribution in [2.24, 2.45) is 7.05 Å². The Morgan fingerprint density at radius 2 is 1.93 bits per heavy atom. The first-order valence-corrected chi connectivity index (χ1v) is 9.81. The normalized spacial score (nSPS) is 12.8. The molecule has 2 aromatic carbocycles. The summed E-state index contributed by atoms with van der Waals surface area (Å²) >= 11 is 7.24. The van der Waals surface area contributed by atoms with Crippen molar-refractivity contribution in [3.05, 3.63) is 70.3 Å². The van der Waals surface area contributed by atoms with E-state index in [2.05, 4.69) is 10.2 Å². The summed E-state index contributed by atoms with van der Waals surface area (Å²) in [7, 11) is 1.73. The van der Waals surface area contributed by atoms with Gasteiger partial charge in [0.05, 0.1) is 10.6 Å². The van der Waals surface area contributed by atoms with Crippen molar-refractivity contribution in [2.45, 2.75) is 30.1 Å². The van der Waals surface area contributed by atoms with E-state index in [1.807, 2.05) is 0 Å². The van der Waals surface area contributed by atoms with Crippen LogP contribution in [-0.2, 0) is 19.0 Å². The molecule has 0 spiro atoms. The molecule has 29 heavy (non-hydrogen) atoms. The van der Waals surface area contributed by atoms with Crippen molar-refractivity contribution in [3.8, 4) is 5.75 Å². The monoisotopic (exact) mass is 445 g/mol. The Labute approximate surface area is 173 Å². The number of thioether (sulfide) groups is 1. The molecular weight excluding hydrogens is 430 g/mol. The molecule has 0 amide bonds. The summed E-state index contributed by atoms with van der Waals surface area (Å²) in [5.74, 6) is 0.634. The maximum absolute atomic E-state index is 13.2. The van der Waals surface area contributed by atoms with Crippen molar-refractivity contribution in [2.75, 3.05) is 0 Å². The van der Waals surface area contributed by atoms with E-state index in [9.17, 15) is 17.6 Å². The molecule has 0 aliphatic carbocycles. The number of aromatic nitrogens is 3. The van der Waals surface area contributed by atoms with Crippen LogP contribution in [-0.4, -0.2) is 14.8 Å².